The third-order valence-corrected chi connectivity index (χ3v) is 5.02. The number of amides is 1. The largest absolute Gasteiger partial charge is 0.463 e. The van der Waals surface area contributed by atoms with Crippen molar-refractivity contribution in [3.63, 3.8) is 0 Å². The highest BCUT2D eigenvalue weighted by molar-refractivity contribution is 6.32. The van der Waals surface area contributed by atoms with Gasteiger partial charge in [0.2, 0.25) is 0 Å². The van der Waals surface area contributed by atoms with Crippen molar-refractivity contribution < 1.29 is 9.21 Å². The van der Waals surface area contributed by atoms with Crippen molar-refractivity contribution in [2.24, 2.45) is 4.99 Å². The van der Waals surface area contributed by atoms with Gasteiger partial charge in [0.15, 0.2) is 5.76 Å². The molecule has 124 valence electrons. The maximum atomic E-state index is 13.2. The molecule has 4 rings (SSSR count). The molecule has 0 unspecified atom stereocenters. The van der Waals surface area contributed by atoms with Crippen molar-refractivity contribution in [3.8, 4) is 0 Å². The zero-order valence-corrected chi connectivity index (χ0v) is 14.1. The van der Waals surface area contributed by atoms with E-state index in [1.54, 1.807) is 24.3 Å². The Balaban J connectivity index is 1.98. The Bertz CT molecular complexity index is 808. The summed E-state index contributed by atoms with van der Waals surface area (Å²) in [5.74, 6) is 0.675. The molecule has 3 heterocycles. The molecule has 0 atom stereocenters. The number of anilines is 1. The SMILES string of the molecule is CN1C(=O)C2(CCNCC2)N=C(c2ccco2)c2cc(Cl)ccc21. The first kappa shape index (κ1) is 15.4. The topological polar surface area (TPSA) is 57.8 Å². The van der Waals surface area contributed by atoms with Crippen LogP contribution < -0.4 is 10.2 Å². The molecule has 6 heteroatoms. The molecule has 1 amide bonds. The number of nitrogens with one attached hydrogen (secondary N) is 1. The average Bonchev–Trinajstić information content (AvgIpc) is 3.11. The molecule has 1 saturated heterocycles. The first-order valence-electron chi connectivity index (χ1n) is 8.03. The number of aliphatic imine (C=N–C) groups is 1. The minimum Gasteiger partial charge on any atom is -0.463 e. The van der Waals surface area contributed by atoms with Gasteiger partial charge >= 0.3 is 0 Å². The van der Waals surface area contributed by atoms with Crippen LogP contribution >= 0.6 is 11.6 Å². The maximum Gasteiger partial charge on any atom is 0.254 e. The van der Waals surface area contributed by atoms with E-state index in [0.29, 0.717) is 29.3 Å². The van der Waals surface area contributed by atoms with Gasteiger partial charge in [0, 0.05) is 17.6 Å². The van der Waals surface area contributed by atoms with Crippen LogP contribution in [0.3, 0.4) is 0 Å². The van der Waals surface area contributed by atoms with Crippen molar-refractivity contribution in [2.75, 3.05) is 25.0 Å². The maximum absolute atomic E-state index is 13.2. The van der Waals surface area contributed by atoms with Gasteiger partial charge in [0.05, 0.1) is 12.0 Å². The molecule has 2 aliphatic heterocycles. The first-order valence-corrected chi connectivity index (χ1v) is 8.41. The van der Waals surface area contributed by atoms with Crippen LogP contribution in [-0.4, -0.2) is 37.3 Å². The summed E-state index contributed by atoms with van der Waals surface area (Å²) in [5.41, 5.74) is 1.56. The summed E-state index contributed by atoms with van der Waals surface area (Å²) < 4.78 is 5.61. The van der Waals surface area contributed by atoms with Crippen molar-refractivity contribution in [1.29, 1.82) is 0 Å². The summed E-state index contributed by atoms with van der Waals surface area (Å²) in [6.45, 7) is 1.54. The van der Waals surface area contributed by atoms with Crippen LogP contribution in [0.2, 0.25) is 5.02 Å². The standard InChI is InChI=1S/C18H18ClN3O2/c1-22-14-5-4-12(19)11-13(14)16(15-3-2-10-24-15)21-18(17(22)23)6-8-20-9-7-18/h2-5,10-11,20H,6-9H2,1H3. The zero-order valence-electron chi connectivity index (χ0n) is 13.4. The number of carbonyl (C=O) groups excluding carboxylic acids is 1. The zero-order chi connectivity index (χ0) is 16.7. The summed E-state index contributed by atoms with van der Waals surface area (Å²) in [6, 6.07) is 9.21. The number of rotatable bonds is 1. The van der Waals surface area contributed by atoms with Gasteiger partial charge in [0.25, 0.3) is 5.91 Å². The smallest absolute Gasteiger partial charge is 0.254 e. The summed E-state index contributed by atoms with van der Waals surface area (Å²) in [5, 5.41) is 3.91. The number of nitrogens with zero attached hydrogens (tertiary/aromatic N) is 2. The van der Waals surface area contributed by atoms with Crippen molar-refractivity contribution in [2.45, 2.75) is 18.4 Å². The van der Waals surface area contributed by atoms with E-state index in [1.165, 1.54) is 0 Å². The second-order valence-electron chi connectivity index (χ2n) is 6.24. The Morgan fingerprint density at radius 3 is 2.79 bits per heavy atom. The number of piperidine rings is 1. The molecular formula is C18H18ClN3O2. The molecule has 0 radical (unpaired) electrons. The molecule has 2 aromatic rings. The van der Waals surface area contributed by atoms with Gasteiger partial charge in [-0.2, -0.15) is 0 Å². The van der Waals surface area contributed by atoms with Gasteiger partial charge in [-0.15, -0.1) is 0 Å². The monoisotopic (exact) mass is 343 g/mol. The molecule has 1 fully saturated rings. The van der Waals surface area contributed by atoms with E-state index in [0.717, 1.165) is 24.3 Å². The van der Waals surface area contributed by atoms with Crippen LogP contribution in [0.15, 0.2) is 46.0 Å². The van der Waals surface area contributed by atoms with Crippen LogP contribution in [-0.2, 0) is 4.79 Å². The Labute approximate surface area is 145 Å². The number of hydrogen-bond acceptors (Lipinski definition) is 4. The second kappa shape index (κ2) is 5.76. The number of hydrogen-bond donors (Lipinski definition) is 1. The van der Waals surface area contributed by atoms with E-state index in [1.807, 2.05) is 24.3 Å². The van der Waals surface area contributed by atoms with Crippen LogP contribution in [0.4, 0.5) is 5.69 Å². The number of likely N-dealkylation sites (N-methyl/N-ethyl adjacent to an activating group) is 1. The minimum atomic E-state index is -0.756. The lowest BCUT2D eigenvalue weighted by atomic mass is 9.87. The van der Waals surface area contributed by atoms with Gasteiger partial charge in [0.1, 0.15) is 11.3 Å². The lowest BCUT2D eigenvalue weighted by Crippen LogP contribution is -2.52. The third kappa shape index (κ3) is 2.36. The average molecular weight is 344 g/mol. The van der Waals surface area contributed by atoms with Crippen molar-refractivity contribution >= 4 is 28.9 Å². The Hall–Kier alpha value is -2.11. The summed E-state index contributed by atoms with van der Waals surface area (Å²) >= 11 is 6.22. The summed E-state index contributed by atoms with van der Waals surface area (Å²) in [6.07, 6.45) is 2.96. The molecule has 1 N–H and O–H groups in total. The highest BCUT2D eigenvalue weighted by Gasteiger charge is 2.44. The van der Waals surface area contributed by atoms with Crippen LogP contribution in [0.1, 0.15) is 24.2 Å². The fourth-order valence-electron chi connectivity index (χ4n) is 3.50. The molecular weight excluding hydrogens is 326 g/mol. The fraction of sp³-hybridized carbons (Fsp3) is 0.333. The first-order chi connectivity index (χ1) is 11.6. The van der Waals surface area contributed by atoms with Gasteiger partial charge in [-0.1, -0.05) is 11.6 Å². The van der Waals surface area contributed by atoms with E-state index in [9.17, 15) is 4.79 Å². The molecule has 0 bridgehead atoms. The normalized spacial score (nSPS) is 19.8. The number of halogens is 1. The minimum absolute atomic E-state index is 0.0223. The summed E-state index contributed by atoms with van der Waals surface area (Å²) in [4.78, 5) is 19.9. The van der Waals surface area contributed by atoms with E-state index in [4.69, 9.17) is 21.0 Å². The van der Waals surface area contributed by atoms with Crippen molar-refractivity contribution in [1.82, 2.24) is 5.32 Å². The molecule has 24 heavy (non-hydrogen) atoms. The van der Waals surface area contributed by atoms with E-state index in [-0.39, 0.29) is 5.91 Å². The molecule has 1 aromatic heterocycles. The molecule has 0 aliphatic carbocycles. The fourth-order valence-corrected chi connectivity index (χ4v) is 3.67. The number of fused-ring (bicyclic) bond motifs is 1. The second-order valence-corrected chi connectivity index (χ2v) is 6.68. The number of furan rings is 1. The van der Waals surface area contributed by atoms with E-state index < -0.39 is 5.54 Å². The lowest BCUT2D eigenvalue weighted by Gasteiger charge is -2.34. The molecule has 1 aromatic carbocycles. The highest BCUT2D eigenvalue weighted by Crippen LogP contribution is 2.36. The predicted molar refractivity (Wildman–Crippen MR) is 94.0 cm³/mol. The molecule has 0 saturated carbocycles. The number of benzene rings is 1. The Morgan fingerprint density at radius 1 is 1.29 bits per heavy atom. The summed E-state index contributed by atoms with van der Waals surface area (Å²) in [7, 11) is 1.81. The molecule has 5 nitrogen and oxygen atoms in total. The van der Waals surface area contributed by atoms with Crippen LogP contribution in [0, 0.1) is 0 Å². The number of carbonyl (C=O) groups is 1. The van der Waals surface area contributed by atoms with E-state index in [2.05, 4.69) is 5.32 Å². The van der Waals surface area contributed by atoms with Gasteiger partial charge < -0.3 is 14.6 Å². The highest BCUT2D eigenvalue weighted by atomic mass is 35.5. The van der Waals surface area contributed by atoms with Crippen molar-refractivity contribution in [3.05, 3.63) is 52.9 Å². The molecule has 2 aliphatic rings. The quantitative estimate of drug-likeness (QED) is 0.866. The van der Waals surface area contributed by atoms with E-state index >= 15 is 0 Å². The Morgan fingerprint density at radius 2 is 2.08 bits per heavy atom. The van der Waals surface area contributed by atoms with Crippen LogP contribution in [0.5, 0.6) is 0 Å². The molecule has 1 spiro atoms. The predicted octanol–water partition coefficient (Wildman–Crippen LogP) is 2.87. The van der Waals surface area contributed by atoms with Gasteiger partial charge in [-0.05, 0) is 56.3 Å². The van der Waals surface area contributed by atoms with Gasteiger partial charge in [-0.25, -0.2) is 0 Å². The van der Waals surface area contributed by atoms with Gasteiger partial charge in [-0.3, -0.25) is 9.79 Å². The lowest BCUT2D eigenvalue weighted by molar-refractivity contribution is -0.124. The van der Waals surface area contributed by atoms with Crippen LogP contribution in [0.25, 0.3) is 0 Å². The Kier molecular flexibility index (Phi) is 3.70. The third-order valence-electron chi connectivity index (χ3n) is 4.79.